The lowest BCUT2D eigenvalue weighted by atomic mass is 9.98. The Kier molecular flexibility index (Phi) is 7.29. The summed E-state index contributed by atoms with van der Waals surface area (Å²) in [6.07, 6.45) is -2.86. The van der Waals surface area contributed by atoms with E-state index in [1.807, 2.05) is 60.7 Å². The van der Waals surface area contributed by atoms with E-state index in [9.17, 15) is 8.42 Å². The van der Waals surface area contributed by atoms with Crippen LogP contribution in [0.2, 0.25) is 0 Å². The van der Waals surface area contributed by atoms with Crippen molar-refractivity contribution in [1.82, 2.24) is 5.32 Å². The molecule has 0 aromatic heterocycles. The van der Waals surface area contributed by atoms with E-state index >= 15 is 0 Å². The monoisotopic (exact) mass is 495 g/mol. The van der Waals surface area contributed by atoms with Gasteiger partial charge < -0.3 is 24.3 Å². The third-order valence-corrected chi connectivity index (χ3v) is 8.67. The maximum atomic E-state index is 14.1. The van der Waals surface area contributed by atoms with Crippen molar-refractivity contribution < 1.29 is 27.4 Å². The molecule has 5 rings (SSSR count). The summed E-state index contributed by atoms with van der Waals surface area (Å²) < 4.78 is 52.3. The Morgan fingerprint density at radius 2 is 1.51 bits per heavy atom. The number of methoxy groups -OCH3 is 1. The van der Waals surface area contributed by atoms with E-state index in [1.165, 1.54) is 7.11 Å². The minimum atomic E-state index is -3.84. The number of nitrogens with one attached hydrogen (secondary N) is 1. The van der Waals surface area contributed by atoms with Gasteiger partial charge in [0.2, 0.25) is 0 Å². The van der Waals surface area contributed by atoms with Crippen LogP contribution in [0.4, 0.5) is 0 Å². The van der Waals surface area contributed by atoms with Gasteiger partial charge in [-0.05, 0) is 17.7 Å². The normalized spacial score (nSPS) is 28.8. The van der Waals surface area contributed by atoms with Gasteiger partial charge in [0.1, 0.15) is 17.5 Å². The third kappa shape index (κ3) is 5.04. The number of benzene rings is 3. The molecule has 0 saturated carbocycles. The van der Waals surface area contributed by atoms with Crippen molar-refractivity contribution in [3.05, 3.63) is 102 Å². The van der Waals surface area contributed by atoms with Crippen molar-refractivity contribution in [2.45, 2.75) is 47.5 Å². The number of hydrogen-bond acceptors (Lipinski definition) is 7. The van der Waals surface area contributed by atoms with E-state index in [4.69, 9.17) is 18.9 Å². The van der Waals surface area contributed by atoms with Crippen LogP contribution in [0, 0.1) is 0 Å². The fourth-order valence-electron chi connectivity index (χ4n) is 4.74. The molecule has 6 atom stereocenters. The maximum Gasteiger partial charge on any atom is 0.185 e. The van der Waals surface area contributed by atoms with Crippen molar-refractivity contribution in [3.63, 3.8) is 0 Å². The van der Waals surface area contributed by atoms with Gasteiger partial charge in [0.15, 0.2) is 22.4 Å². The van der Waals surface area contributed by atoms with Crippen LogP contribution in [0.5, 0.6) is 0 Å². The lowest BCUT2D eigenvalue weighted by molar-refractivity contribution is -0.317. The number of sulfone groups is 1. The molecular weight excluding hydrogens is 466 g/mol. The third-order valence-electron chi connectivity index (χ3n) is 6.46. The van der Waals surface area contributed by atoms with Gasteiger partial charge in [-0.25, -0.2) is 8.42 Å². The second-order valence-electron chi connectivity index (χ2n) is 8.67. The Bertz CT molecular complexity index is 1190. The molecule has 184 valence electrons. The first kappa shape index (κ1) is 24.1. The molecule has 2 aliphatic rings. The number of rotatable bonds is 7. The smallest absolute Gasteiger partial charge is 0.185 e. The van der Waals surface area contributed by atoms with Gasteiger partial charge in [0.25, 0.3) is 0 Å². The predicted molar refractivity (Wildman–Crippen MR) is 130 cm³/mol. The van der Waals surface area contributed by atoms with E-state index in [-0.39, 0.29) is 11.5 Å². The molecule has 3 aromatic carbocycles. The molecule has 7 nitrogen and oxygen atoms in total. The molecule has 0 amide bonds. The summed E-state index contributed by atoms with van der Waals surface area (Å²) in [6, 6.07) is 27.1. The van der Waals surface area contributed by atoms with Crippen LogP contribution >= 0.6 is 0 Å². The van der Waals surface area contributed by atoms with E-state index < -0.39 is 45.9 Å². The van der Waals surface area contributed by atoms with Gasteiger partial charge in [0, 0.05) is 19.2 Å². The van der Waals surface area contributed by atoms with Gasteiger partial charge in [-0.2, -0.15) is 0 Å². The highest BCUT2D eigenvalue weighted by molar-refractivity contribution is 7.92. The average molecular weight is 496 g/mol. The highest BCUT2D eigenvalue weighted by atomic mass is 32.2. The molecule has 0 bridgehead atoms. The summed E-state index contributed by atoms with van der Waals surface area (Å²) >= 11 is 0. The van der Waals surface area contributed by atoms with Gasteiger partial charge in [0.05, 0.1) is 17.5 Å². The van der Waals surface area contributed by atoms with Gasteiger partial charge in [-0.3, -0.25) is 0 Å². The van der Waals surface area contributed by atoms with E-state index in [2.05, 4.69) is 5.32 Å². The second-order valence-corrected chi connectivity index (χ2v) is 10.8. The number of ether oxygens (including phenoxy) is 4. The minimum Gasteiger partial charge on any atom is -0.354 e. The molecule has 8 heteroatoms. The zero-order valence-electron chi connectivity index (χ0n) is 19.4. The van der Waals surface area contributed by atoms with E-state index in [0.717, 1.165) is 11.1 Å². The molecule has 1 N–H and O–H groups in total. The summed E-state index contributed by atoms with van der Waals surface area (Å²) in [7, 11) is -2.32. The Morgan fingerprint density at radius 1 is 0.886 bits per heavy atom. The number of hydrogen-bond donors (Lipinski definition) is 1. The standard InChI is InChI=1S/C27H29NO6S/c1-31-27-23(28-17-19-11-5-2-6-12-19)25(35(29,30)21-15-9-4-10-16-21)24-22(33-27)18-32-26(34-24)20-13-7-3-8-14-20/h2-16,22-28H,17-18H2,1H3/t22-,23-,24-,25-,26-,27+/m1/s1. The average Bonchev–Trinajstić information content (AvgIpc) is 2.92. The summed E-state index contributed by atoms with van der Waals surface area (Å²) in [6.45, 7) is 0.641. The van der Waals surface area contributed by atoms with E-state index in [1.54, 1.807) is 30.3 Å². The molecule has 0 aliphatic carbocycles. The molecular formula is C27H29NO6S. The number of fused-ring (bicyclic) bond motifs is 1. The highest BCUT2D eigenvalue weighted by Crippen LogP contribution is 2.38. The Morgan fingerprint density at radius 3 is 2.17 bits per heavy atom. The van der Waals surface area contributed by atoms with Crippen LogP contribution in [0.25, 0.3) is 0 Å². The zero-order valence-corrected chi connectivity index (χ0v) is 20.2. The summed E-state index contributed by atoms with van der Waals surface area (Å²) in [5.74, 6) is 0. The lowest BCUT2D eigenvalue weighted by Crippen LogP contribution is -2.67. The van der Waals surface area contributed by atoms with Crippen LogP contribution < -0.4 is 5.32 Å². The van der Waals surface area contributed by atoms with Crippen molar-refractivity contribution in [1.29, 1.82) is 0 Å². The molecule has 0 unspecified atom stereocenters. The molecule has 2 fully saturated rings. The fourth-order valence-corrected chi connectivity index (χ4v) is 6.79. The first-order chi connectivity index (χ1) is 17.1. The van der Waals surface area contributed by atoms with Crippen molar-refractivity contribution >= 4 is 9.84 Å². The van der Waals surface area contributed by atoms with Crippen molar-refractivity contribution in [3.8, 4) is 0 Å². The molecule has 2 aliphatic heterocycles. The zero-order chi connectivity index (χ0) is 24.3. The molecule has 3 aromatic rings. The molecule has 0 radical (unpaired) electrons. The predicted octanol–water partition coefficient (Wildman–Crippen LogP) is 3.47. The van der Waals surface area contributed by atoms with Crippen LogP contribution in [-0.2, 0) is 35.3 Å². The SMILES string of the molecule is CO[C@H]1O[C@@H]2CO[C@@H](c3ccccc3)O[C@H]2[C@H](S(=O)(=O)c2ccccc2)[C@H]1NCc1ccccc1. The van der Waals surface area contributed by atoms with Crippen molar-refractivity contribution in [2.75, 3.05) is 13.7 Å². The molecule has 2 saturated heterocycles. The first-order valence-corrected chi connectivity index (χ1v) is 13.2. The van der Waals surface area contributed by atoms with Gasteiger partial charge in [-0.1, -0.05) is 78.9 Å². The molecule has 35 heavy (non-hydrogen) atoms. The summed E-state index contributed by atoms with van der Waals surface area (Å²) in [5, 5.41) is 2.44. The highest BCUT2D eigenvalue weighted by Gasteiger charge is 2.55. The molecule has 2 heterocycles. The lowest BCUT2D eigenvalue weighted by Gasteiger charge is -2.49. The summed E-state index contributed by atoms with van der Waals surface area (Å²) in [5.41, 5.74) is 1.85. The summed E-state index contributed by atoms with van der Waals surface area (Å²) in [4.78, 5) is 0.235. The first-order valence-electron chi connectivity index (χ1n) is 11.6. The Hall–Kier alpha value is -2.59. The topological polar surface area (TPSA) is 83.1 Å². The Balaban J connectivity index is 1.52. The fraction of sp³-hybridized carbons (Fsp3) is 0.333. The largest absolute Gasteiger partial charge is 0.354 e. The van der Waals surface area contributed by atoms with Crippen LogP contribution in [0.15, 0.2) is 95.9 Å². The van der Waals surface area contributed by atoms with Crippen LogP contribution in [0.1, 0.15) is 17.4 Å². The second kappa shape index (κ2) is 10.6. The van der Waals surface area contributed by atoms with Crippen molar-refractivity contribution in [2.24, 2.45) is 0 Å². The van der Waals surface area contributed by atoms with E-state index in [0.29, 0.717) is 6.54 Å². The molecule has 0 spiro atoms. The van der Waals surface area contributed by atoms with Gasteiger partial charge >= 0.3 is 0 Å². The van der Waals surface area contributed by atoms with Crippen LogP contribution in [-0.4, -0.2) is 51.9 Å². The van der Waals surface area contributed by atoms with Crippen LogP contribution in [0.3, 0.4) is 0 Å². The van der Waals surface area contributed by atoms with Gasteiger partial charge in [-0.15, -0.1) is 0 Å². The minimum absolute atomic E-state index is 0.191. The quantitative estimate of drug-likeness (QED) is 0.537. The Labute approximate surface area is 205 Å². The maximum absolute atomic E-state index is 14.1.